The molecular formula is C22H28ClN3O. The Morgan fingerprint density at radius 1 is 1.07 bits per heavy atom. The average Bonchev–Trinajstić information content (AvgIpc) is 2.65. The molecule has 1 aliphatic heterocycles. The summed E-state index contributed by atoms with van der Waals surface area (Å²) in [6.45, 7) is 10.5. The Balaban J connectivity index is 1.49. The Kier molecular flexibility index (Phi) is 6.40. The average molecular weight is 386 g/mol. The fourth-order valence-corrected chi connectivity index (χ4v) is 3.68. The van der Waals surface area contributed by atoms with Crippen LogP contribution in [0.2, 0.25) is 5.02 Å². The molecule has 0 radical (unpaired) electrons. The SMILES string of the molecule is Cc1cccc(N2CCN(CC(=O)NC(C)c3ccc(Cl)cc3)CC2)c1C. The zero-order valence-corrected chi connectivity index (χ0v) is 17.1. The van der Waals surface area contributed by atoms with Crippen molar-refractivity contribution in [3.8, 4) is 0 Å². The Labute approximate surface area is 167 Å². The van der Waals surface area contributed by atoms with Gasteiger partial charge in [-0.25, -0.2) is 0 Å². The van der Waals surface area contributed by atoms with Gasteiger partial charge in [0.25, 0.3) is 0 Å². The lowest BCUT2D eigenvalue weighted by molar-refractivity contribution is -0.123. The molecule has 1 amide bonds. The van der Waals surface area contributed by atoms with Crippen LogP contribution < -0.4 is 10.2 Å². The van der Waals surface area contributed by atoms with Crippen LogP contribution in [0.15, 0.2) is 42.5 Å². The summed E-state index contributed by atoms with van der Waals surface area (Å²) in [7, 11) is 0. The zero-order chi connectivity index (χ0) is 19.4. The molecule has 1 saturated heterocycles. The molecule has 3 rings (SSSR count). The predicted octanol–water partition coefficient (Wildman–Crippen LogP) is 3.96. The van der Waals surface area contributed by atoms with E-state index in [1.165, 1.54) is 16.8 Å². The summed E-state index contributed by atoms with van der Waals surface area (Å²) >= 11 is 5.93. The minimum atomic E-state index is -0.0222. The van der Waals surface area contributed by atoms with Crippen LogP contribution >= 0.6 is 11.6 Å². The predicted molar refractivity (Wildman–Crippen MR) is 113 cm³/mol. The van der Waals surface area contributed by atoms with Gasteiger partial charge >= 0.3 is 0 Å². The van der Waals surface area contributed by atoms with Gasteiger partial charge in [-0.3, -0.25) is 9.69 Å². The van der Waals surface area contributed by atoms with Crippen LogP contribution in [0, 0.1) is 13.8 Å². The number of amides is 1. The molecule has 2 aromatic carbocycles. The lowest BCUT2D eigenvalue weighted by atomic mass is 10.1. The summed E-state index contributed by atoms with van der Waals surface area (Å²) in [6, 6.07) is 14.1. The highest BCUT2D eigenvalue weighted by atomic mass is 35.5. The largest absolute Gasteiger partial charge is 0.369 e. The van der Waals surface area contributed by atoms with Crippen molar-refractivity contribution in [3.05, 3.63) is 64.2 Å². The van der Waals surface area contributed by atoms with Gasteiger partial charge in [0.05, 0.1) is 12.6 Å². The molecule has 0 bridgehead atoms. The van der Waals surface area contributed by atoms with E-state index >= 15 is 0 Å². The summed E-state index contributed by atoms with van der Waals surface area (Å²) in [5.41, 5.74) is 5.05. The molecule has 144 valence electrons. The van der Waals surface area contributed by atoms with Gasteiger partial charge < -0.3 is 10.2 Å². The molecule has 0 saturated carbocycles. The van der Waals surface area contributed by atoms with E-state index in [0.29, 0.717) is 11.6 Å². The van der Waals surface area contributed by atoms with Gasteiger partial charge in [0.15, 0.2) is 0 Å². The monoisotopic (exact) mass is 385 g/mol. The normalized spacial score (nSPS) is 16.2. The van der Waals surface area contributed by atoms with Crippen molar-refractivity contribution in [2.24, 2.45) is 0 Å². The van der Waals surface area contributed by atoms with Crippen LogP contribution in [-0.2, 0) is 4.79 Å². The molecule has 2 aromatic rings. The molecule has 1 heterocycles. The van der Waals surface area contributed by atoms with E-state index in [0.717, 1.165) is 31.7 Å². The smallest absolute Gasteiger partial charge is 0.234 e. The maximum Gasteiger partial charge on any atom is 0.234 e. The van der Waals surface area contributed by atoms with Gasteiger partial charge in [-0.05, 0) is 55.7 Å². The number of benzene rings is 2. The molecular weight excluding hydrogens is 358 g/mol. The first-order valence-electron chi connectivity index (χ1n) is 9.52. The molecule has 0 aromatic heterocycles. The van der Waals surface area contributed by atoms with Gasteiger partial charge in [0.1, 0.15) is 0 Å². The minimum Gasteiger partial charge on any atom is -0.369 e. The zero-order valence-electron chi connectivity index (χ0n) is 16.3. The molecule has 0 spiro atoms. The van der Waals surface area contributed by atoms with Crippen LogP contribution in [0.4, 0.5) is 5.69 Å². The fraction of sp³-hybridized carbons (Fsp3) is 0.409. The Morgan fingerprint density at radius 3 is 2.41 bits per heavy atom. The molecule has 1 aliphatic rings. The Hall–Kier alpha value is -2.04. The summed E-state index contributed by atoms with van der Waals surface area (Å²) in [5, 5.41) is 3.79. The first-order chi connectivity index (χ1) is 12.9. The maximum absolute atomic E-state index is 12.4. The van der Waals surface area contributed by atoms with Crippen molar-refractivity contribution in [1.82, 2.24) is 10.2 Å². The van der Waals surface area contributed by atoms with Crippen molar-refractivity contribution in [3.63, 3.8) is 0 Å². The number of piperazine rings is 1. The topological polar surface area (TPSA) is 35.6 Å². The summed E-state index contributed by atoms with van der Waals surface area (Å²) in [6.07, 6.45) is 0. The van der Waals surface area contributed by atoms with Crippen LogP contribution in [-0.4, -0.2) is 43.5 Å². The van der Waals surface area contributed by atoms with Crippen molar-refractivity contribution in [1.29, 1.82) is 0 Å². The van der Waals surface area contributed by atoms with Gasteiger partial charge in [-0.1, -0.05) is 35.9 Å². The van der Waals surface area contributed by atoms with E-state index in [4.69, 9.17) is 11.6 Å². The van der Waals surface area contributed by atoms with E-state index in [1.54, 1.807) is 0 Å². The first kappa shape index (κ1) is 19.7. The number of aryl methyl sites for hydroxylation is 1. The van der Waals surface area contributed by atoms with Crippen molar-refractivity contribution >= 4 is 23.2 Å². The van der Waals surface area contributed by atoms with E-state index in [-0.39, 0.29) is 11.9 Å². The Bertz CT molecular complexity index is 783. The number of hydrogen-bond acceptors (Lipinski definition) is 3. The highest BCUT2D eigenvalue weighted by Gasteiger charge is 2.21. The number of nitrogens with zero attached hydrogens (tertiary/aromatic N) is 2. The van der Waals surface area contributed by atoms with Crippen LogP contribution in [0.1, 0.15) is 29.7 Å². The number of anilines is 1. The van der Waals surface area contributed by atoms with Crippen molar-refractivity contribution in [2.75, 3.05) is 37.6 Å². The second-order valence-electron chi connectivity index (χ2n) is 7.32. The van der Waals surface area contributed by atoms with Crippen LogP contribution in [0.5, 0.6) is 0 Å². The number of halogens is 1. The standard InChI is InChI=1S/C22H28ClN3O/c1-16-5-4-6-21(17(16)2)26-13-11-25(12-14-26)15-22(27)24-18(3)19-7-9-20(23)10-8-19/h4-10,18H,11-15H2,1-3H3,(H,24,27). The van der Waals surface area contributed by atoms with Crippen LogP contribution in [0.25, 0.3) is 0 Å². The molecule has 1 fully saturated rings. The minimum absolute atomic E-state index is 0.0222. The fourth-order valence-electron chi connectivity index (χ4n) is 3.55. The lowest BCUT2D eigenvalue weighted by Gasteiger charge is -2.36. The quantitative estimate of drug-likeness (QED) is 0.846. The molecule has 1 unspecified atom stereocenters. The van der Waals surface area contributed by atoms with Crippen molar-refractivity contribution < 1.29 is 4.79 Å². The second kappa shape index (κ2) is 8.77. The summed E-state index contributed by atoms with van der Waals surface area (Å²) in [4.78, 5) is 17.1. The maximum atomic E-state index is 12.4. The number of nitrogens with one attached hydrogen (secondary N) is 1. The third-order valence-electron chi connectivity index (χ3n) is 5.40. The summed E-state index contributed by atoms with van der Waals surface area (Å²) < 4.78 is 0. The number of rotatable bonds is 5. The van der Waals surface area contributed by atoms with Gasteiger partial charge in [-0.2, -0.15) is 0 Å². The number of carbonyl (C=O) groups is 1. The highest BCUT2D eigenvalue weighted by molar-refractivity contribution is 6.30. The molecule has 4 nitrogen and oxygen atoms in total. The molecule has 1 N–H and O–H groups in total. The number of hydrogen-bond donors (Lipinski definition) is 1. The Morgan fingerprint density at radius 2 is 1.74 bits per heavy atom. The lowest BCUT2D eigenvalue weighted by Crippen LogP contribution is -2.49. The third-order valence-corrected chi connectivity index (χ3v) is 5.66. The van der Waals surface area contributed by atoms with E-state index in [2.05, 4.69) is 47.2 Å². The molecule has 0 aliphatic carbocycles. The van der Waals surface area contributed by atoms with E-state index in [1.807, 2.05) is 31.2 Å². The van der Waals surface area contributed by atoms with Crippen molar-refractivity contribution in [2.45, 2.75) is 26.8 Å². The van der Waals surface area contributed by atoms with E-state index in [9.17, 15) is 4.79 Å². The molecule has 1 atom stereocenters. The van der Waals surface area contributed by atoms with Gasteiger partial charge in [0.2, 0.25) is 5.91 Å². The summed E-state index contributed by atoms with van der Waals surface area (Å²) in [5.74, 6) is 0.0673. The number of carbonyl (C=O) groups excluding carboxylic acids is 1. The first-order valence-corrected chi connectivity index (χ1v) is 9.90. The highest BCUT2D eigenvalue weighted by Crippen LogP contribution is 2.23. The molecule has 5 heteroatoms. The molecule has 27 heavy (non-hydrogen) atoms. The second-order valence-corrected chi connectivity index (χ2v) is 7.76. The van der Waals surface area contributed by atoms with Gasteiger partial charge in [0, 0.05) is 36.9 Å². The van der Waals surface area contributed by atoms with Crippen LogP contribution in [0.3, 0.4) is 0 Å². The van der Waals surface area contributed by atoms with Gasteiger partial charge in [-0.15, -0.1) is 0 Å². The third kappa shape index (κ3) is 5.02. The van der Waals surface area contributed by atoms with E-state index < -0.39 is 0 Å².